The smallest absolute Gasteiger partial charge is 0.304 e. The van der Waals surface area contributed by atoms with Gasteiger partial charge in [-0.15, -0.1) is 0 Å². The molecule has 0 aromatic heterocycles. The fourth-order valence-electron chi connectivity index (χ4n) is 2.35. The van der Waals surface area contributed by atoms with Crippen molar-refractivity contribution in [3.63, 3.8) is 0 Å². The molecule has 1 rings (SSSR count). The largest absolute Gasteiger partial charge is 0.377 e. The molecule has 142 valence electrons. The van der Waals surface area contributed by atoms with Gasteiger partial charge in [-0.05, 0) is 46.2 Å². The normalized spacial score (nSPS) is 13.1. The number of benzene rings is 1. The second-order valence-electron chi connectivity index (χ2n) is 5.37. The van der Waals surface area contributed by atoms with E-state index < -0.39 is 17.6 Å². The van der Waals surface area contributed by atoms with Crippen molar-refractivity contribution in [3.05, 3.63) is 41.3 Å². The molecule has 6 nitrogen and oxygen atoms in total. The van der Waals surface area contributed by atoms with Gasteiger partial charge >= 0.3 is 7.60 Å². The maximum absolute atomic E-state index is 13.2. The zero-order valence-corrected chi connectivity index (χ0v) is 17.3. The molecule has 0 aliphatic rings. The van der Waals surface area contributed by atoms with E-state index in [1.807, 2.05) is 13.8 Å². The third kappa shape index (κ3) is 5.17. The van der Waals surface area contributed by atoms with E-state index in [0.717, 1.165) is 9.87 Å². The van der Waals surface area contributed by atoms with Gasteiger partial charge in [-0.3, -0.25) is 8.87 Å². The first-order valence-corrected chi connectivity index (χ1v) is 11.4. The van der Waals surface area contributed by atoms with Gasteiger partial charge in [0.15, 0.2) is 0 Å². The highest BCUT2D eigenvalue weighted by atomic mass is 32.2. The summed E-state index contributed by atoms with van der Waals surface area (Å²) >= 11 is 0. The Morgan fingerprint density at radius 2 is 1.64 bits per heavy atom. The monoisotopic (exact) mass is 389 g/mol. The second-order valence-corrected chi connectivity index (χ2v) is 9.20. The van der Waals surface area contributed by atoms with E-state index in [1.54, 1.807) is 45.0 Å². The van der Waals surface area contributed by atoms with E-state index in [4.69, 9.17) is 9.05 Å². The molecule has 0 spiro atoms. The van der Waals surface area contributed by atoms with E-state index >= 15 is 0 Å². The molecule has 0 atom stereocenters. The first kappa shape index (κ1) is 21.9. The molecule has 8 heteroatoms. The summed E-state index contributed by atoms with van der Waals surface area (Å²) < 4.78 is 51.3. The van der Waals surface area contributed by atoms with Gasteiger partial charge in [0.05, 0.1) is 18.1 Å². The van der Waals surface area contributed by atoms with E-state index in [-0.39, 0.29) is 30.1 Å². The molecule has 0 aliphatic carbocycles. The topological polar surface area (TPSA) is 72.9 Å². The number of rotatable bonds is 10. The lowest BCUT2D eigenvalue weighted by Gasteiger charge is -2.30. The van der Waals surface area contributed by atoms with Gasteiger partial charge in [0.1, 0.15) is 5.44 Å². The number of allylic oxidation sites excluding steroid dienone is 1. The summed E-state index contributed by atoms with van der Waals surface area (Å²) in [7, 11) is -7.61. The average molecular weight is 389 g/mol. The maximum Gasteiger partial charge on any atom is 0.377 e. The van der Waals surface area contributed by atoms with Crippen molar-refractivity contribution >= 4 is 17.6 Å². The van der Waals surface area contributed by atoms with E-state index in [2.05, 4.69) is 0 Å². The van der Waals surface area contributed by atoms with Gasteiger partial charge in [0, 0.05) is 6.54 Å². The SMILES string of the molecule is C/C=C(/N(CCC)S(=O)(=O)c1ccc(C)cc1)P(=O)(OCC)OCC. The minimum atomic E-state index is -3.88. The first-order valence-electron chi connectivity index (χ1n) is 8.42. The van der Waals surface area contributed by atoms with Crippen LogP contribution in [0.1, 0.15) is 39.7 Å². The van der Waals surface area contributed by atoms with Crippen molar-refractivity contribution in [2.75, 3.05) is 19.8 Å². The number of hydrogen-bond acceptors (Lipinski definition) is 5. The lowest BCUT2D eigenvalue weighted by atomic mass is 10.2. The zero-order chi connectivity index (χ0) is 19.1. The van der Waals surface area contributed by atoms with Crippen LogP contribution in [0.5, 0.6) is 0 Å². The molecule has 1 aromatic carbocycles. The molecule has 0 N–H and O–H groups in total. The van der Waals surface area contributed by atoms with Crippen molar-refractivity contribution < 1.29 is 22.0 Å². The fourth-order valence-corrected chi connectivity index (χ4v) is 6.19. The Balaban J connectivity index is 3.45. The molecule has 0 saturated carbocycles. The lowest BCUT2D eigenvalue weighted by molar-refractivity contribution is 0.220. The maximum atomic E-state index is 13.2. The van der Waals surface area contributed by atoms with Crippen LogP contribution in [-0.4, -0.2) is 32.5 Å². The summed E-state index contributed by atoms with van der Waals surface area (Å²) in [4.78, 5) is 0.144. The van der Waals surface area contributed by atoms with Gasteiger partial charge in [0.2, 0.25) is 0 Å². The third-order valence-corrected chi connectivity index (χ3v) is 7.65. The number of hydrogen-bond donors (Lipinski definition) is 0. The first-order chi connectivity index (χ1) is 11.8. The van der Waals surface area contributed by atoms with Crippen molar-refractivity contribution in [2.45, 2.75) is 45.9 Å². The molecule has 0 radical (unpaired) electrons. The van der Waals surface area contributed by atoms with E-state index in [1.165, 1.54) is 6.08 Å². The molecule has 0 saturated heterocycles. The van der Waals surface area contributed by atoms with Crippen molar-refractivity contribution in [2.24, 2.45) is 0 Å². The molecule has 1 aromatic rings. The number of aryl methyl sites for hydroxylation is 1. The highest BCUT2D eigenvalue weighted by molar-refractivity contribution is 7.89. The number of sulfonamides is 1. The molecular formula is C17H28NO5PS. The molecule has 0 heterocycles. The summed E-state index contributed by atoms with van der Waals surface area (Å²) in [5.74, 6) is 0. The van der Waals surface area contributed by atoms with Crippen LogP contribution in [0.2, 0.25) is 0 Å². The minimum Gasteiger partial charge on any atom is -0.304 e. The van der Waals surface area contributed by atoms with Crippen LogP contribution in [0.15, 0.2) is 40.7 Å². The summed E-state index contributed by atoms with van der Waals surface area (Å²) in [6, 6.07) is 6.56. The Hall–Kier alpha value is -1.14. The van der Waals surface area contributed by atoms with Gasteiger partial charge in [-0.2, -0.15) is 0 Å². The van der Waals surface area contributed by atoms with Gasteiger partial charge < -0.3 is 9.05 Å². The Bertz CT molecular complexity index is 718. The van der Waals surface area contributed by atoms with Crippen molar-refractivity contribution in [3.8, 4) is 0 Å². The van der Waals surface area contributed by atoms with E-state index in [0.29, 0.717) is 6.42 Å². The predicted molar refractivity (Wildman–Crippen MR) is 100.0 cm³/mol. The third-order valence-electron chi connectivity index (χ3n) is 3.43. The summed E-state index contributed by atoms with van der Waals surface area (Å²) in [5.41, 5.74) is 1.01. The average Bonchev–Trinajstić information content (AvgIpc) is 2.55. The molecule has 0 amide bonds. The van der Waals surface area contributed by atoms with Gasteiger partial charge in [0.25, 0.3) is 10.0 Å². The molecule has 0 aliphatic heterocycles. The zero-order valence-electron chi connectivity index (χ0n) is 15.6. The minimum absolute atomic E-state index is 0.0543. The van der Waals surface area contributed by atoms with Gasteiger partial charge in [-0.1, -0.05) is 30.7 Å². The molecule has 25 heavy (non-hydrogen) atoms. The molecular weight excluding hydrogens is 361 g/mol. The lowest BCUT2D eigenvalue weighted by Crippen LogP contribution is -2.32. The van der Waals surface area contributed by atoms with Crippen LogP contribution in [0.4, 0.5) is 0 Å². The van der Waals surface area contributed by atoms with Crippen LogP contribution in [0.25, 0.3) is 0 Å². The quantitative estimate of drug-likeness (QED) is 0.550. The van der Waals surface area contributed by atoms with Crippen molar-refractivity contribution in [1.82, 2.24) is 4.31 Å². The Kier molecular flexibility index (Phi) is 8.35. The molecule has 0 unspecified atom stereocenters. The summed E-state index contributed by atoms with van der Waals surface area (Å²) in [5, 5.41) is 0. The Morgan fingerprint density at radius 1 is 1.12 bits per heavy atom. The highest BCUT2D eigenvalue weighted by Gasteiger charge is 2.38. The summed E-state index contributed by atoms with van der Waals surface area (Å²) in [6.07, 6.45) is 2.05. The van der Waals surface area contributed by atoms with Crippen LogP contribution < -0.4 is 0 Å². The Labute approximate surface area is 151 Å². The fraction of sp³-hybridized carbons (Fsp3) is 0.529. The number of nitrogens with zero attached hydrogens (tertiary/aromatic N) is 1. The van der Waals surface area contributed by atoms with Crippen LogP contribution in [-0.2, 0) is 23.6 Å². The second kappa shape index (κ2) is 9.53. The summed E-state index contributed by atoms with van der Waals surface area (Å²) in [6.45, 7) is 9.24. The van der Waals surface area contributed by atoms with Crippen LogP contribution >= 0.6 is 7.60 Å². The van der Waals surface area contributed by atoms with E-state index in [9.17, 15) is 13.0 Å². The molecule has 0 fully saturated rings. The van der Waals surface area contributed by atoms with Gasteiger partial charge in [-0.25, -0.2) is 8.42 Å². The van der Waals surface area contributed by atoms with Crippen molar-refractivity contribution in [1.29, 1.82) is 0 Å². The highest BCUT2D eigenvalue weighted by Crippen LogP contribution is 2.58. The van der Waals surface area contributed by atoms with Crippen LogP contribution in [0, 0.1) is 6.92 Å². The molecule has 0 bridgehead atoms. The Morgan fingerprint density at radius 3 is 2.04 bits per heavy atom. The predicted octanol–water partition coefficient (Wildman–Crippen LogP) is 4.52. The standard InChI is InChI=1S/C17H28NO5PS/c1-6-14-18(17(7-2)24(19,22-8-3)23-9-4)25(20,21)16-12-10-15(5)11-13-16/h7,10-13H,6,8-9,14H2,1-5H3/b17-7-. The van der Waals surface area contributed by atoms with Crippen LogP contribution in [0.3, 0.4) is 0 Å².